The van der Waals surface area contributed by atoms with E-state index in [1.54, 1.807) is 18.4 Å². The summed E-state index contributed by atoms with van der Waals surface area (Å²) in [5.74, 6) is 2.00. The third-order valence-electron chi connectivity index (χ3n) is 4.06. The molecule has 0 saturated heterocycles. The van der Waals surface area contributed by atoms with E-state index in [9.17, 15) is 0 Å². The normalized spacial score (nSPS) is 18.2. The second-order valence-electron chi connectivity index (χ2n) is 5.61. The Bertz CT molecular complexity index is 963. The number of benzene rings is 1. The molecule has 25 heavy (non-hydrogen) atoms. The van der Waals surface area contributed by atoms with Gasteiger partial charge in [0.1, 0.15) is 0 Å². The molecule has 5 rings (SSSR count). The maximum Gasteiger partial charge on any atom is 0.283 e. The number of nitrogens with zero attached hydrogens (tertiary/aromatic N) is 5. The lowest BCUT2D eigenvalue weighted by Gasteiger charge is -2.29. The summed E-state index contributed by atoms with van der Waals surface area (Å²) in [6, 6.07) is 12.0. The highest BCUT2D eigenvalue weighted by atomic mass is 32.2. The quantitative estimate of drug-likeness (QED) is 0.709. The topological polar surface area (TPSA) is 80.0 Å². The molecule has 7 nitrogen and oxygen atoms in total. The van der Waals surface area contributed by atoms with Crippen molar-refractivity contribution in [2.75, 3.05) is 0 Å². The van der Waals surface area contributed by atoms with Crippen molar-refractivity contribution in [1.29, 1.82) is 0 Å². The van der Waals surface area contributed by atoms with Crippen molar-refractivity contribution in [1.82, 2.24) is 15.2 Å². The Morgan fingerprint density at radius 1 is 1.16 bits per heavy atom. The van der Waals surface area contributed by atoms with Crippen LogP contribution in [0.4, 0.5) is 5.69 Å². The molecule has 0 N–H and O–H groups in total. The van der Waals surface area contributed by atoms with Gasteiger partial charge in [0.05, 0.1) is 23.7 Å². The van der Waals surface area contributed by atoms with Crippen LogP contribution in [-0.4, -0.2) is 26.6 Å². The largest absolute Gasteiger partial charge is 0.459 e. The van der Waals surface area contributed by atoms with Crippen LogP contribution in [0, 0.1) is 0 Å². The van der Waals surface area contributed by atoms with E-state index in [-0.39, 0.29) is 6.04 Å². The van der Waals surface area contributed by atoms with Crippen LogP contribution in [0.1, 0.15) is 23.9 Å². The first-order valence-corrected chi connectivity index (χ1v) is 8.85. The molecule has 1 aromatic carbocycles. The molecular formula is C17H13N5O2S. The number of rotatable bonds is 3. The average Bonchev–Trinajstić information content (AvgIpc) is 3.40. The van der Waals surface area contributed by atoms with Gasteiger partial charge in [-0.05, 0) is 18.2 Å². The third-order valence-corrected chi connectivity index (χ3v) is 4.99. The zero-order valence-corrected chi connectivity index (χ0v) is 13.9. The van der Waals surface area contributed by atoms with Crippen LogP contribution in [0.5, 0.6) is 0 Å². The van der Waals surface area contributed by atoms with E-state index >= 15 is 0 Å². The summed E-state index contributed by atoms with van der Waals surface area (Å²) in [6.45, 7) is 0. The van der Waals surface area contributed by atoms with Gasteiger partial charge in [0.15, 0.2) is 10.9 Å². The molecule has 0 bridgehead atoms. The van der Waals surface area contributed by atoms with Gasteiger partial charge in [0.25, 0.3) is 5.89 Å². The van der Waals surface area contributed by atoms with E-state index in [1.165, 1.54) is 17.3 Å². The summed E-state index contributed by atoms with van der Waals surface area (Å²) in [5, 5.41) is 15.4. The highest BCUT2D eigenvalue weighted by molar-refractivity contribution is 8.13. The summed E-state index contributed by atoms with van der Waals surface area (Å²) >= 11 is 1.54. The summed E-state index contributed by atoms with van der Waals surface area (Å²) in [5.41, 5.74) is 2.21. The number of furan rings is 1. The molecule has 0 spiro atoms. The molecule has 2 aliphatic rings. The van der Waals surface area contributed by atoms with E-state index in [0.29, 0.717) is 23.3 Å². The number of hydrogen-bond donors (Lipinski definition) is 0. The minimum absolute atomic E-state index is 0.220. The molecule has 124 valence electrons. The highest BCUT2D eigenvalue weighted by Gasteiger charge is 2.32. The zero-order valence-electron chi connectivity index (χ0n) is 13.1. The van der Waals surface area contributed by atoms with Crippen LogP contribution < -0.4 is 0 Å². The van der Waals surface area contributed by atoms with Crippen LogP contribution in [-0.2, 0) is 5.75 Å². The van der Waals surface area contributed by atoms with Gasteiger partial charge < -0.3 is 8.83 Å². The molecule has 0 aliphatic carbocycles. The molecule has 2 aromatic heterocycles. The van der Waals surface area contributed by atoms with Gasteiger partial charge in [-0.3, -0.25) is 0 Å². The second kappa shape index (κ2) is 5.89. The number of aliphatic imine (C=N–C) groups is 1. The minimum atomic E-state index is 0.220. The van der Waals surface area contributed by atoms with E-state index < -0.39 is 0 Å². The molecule has 1 unspecified atom stereocenters. The van der Waals surface area contributed by atoms with Gasteiger partial charge >= 0.3 is 0 Å². The van der Waals surface area contributed by atoms with E-state index in [0.717, 1.165) is 17.3 Å². The fourth-order valence-electron chi connectivity index (χ4n) is 2.92. The van der Waals surface area contributed by atoms with Crippen LogP contribution in [0.25, 0.3) is 11.7 Å². The fraction of sp³-hybridized carbons (Fsp3) is 0.176. The van der Waals surface area contributed by atoms with Gasteiger partial charge in [-0.2, -0.15) is 5.10 Å². The lowest BCUT2D eigenvalue weighted by Crippen LogP contribution is -2.27. The van der Waals surface area contributed by atoms with E-state index in [1.807, 2.05) is 29.4 Å². The van der Waals surface area contributed by atoms with Crippen molar-refractivity contribution < 1.29 is 8.83 Å². The number of fused-ring (bicyclic) bond motifs is 3. The smallest absolute Gasteiger partial charge is 0.283 e. The summed E-state index contributed by atoms with van der Waals surface area (Å²) < 4.78 is 10.9. The van der Waals surface area contributed by atoms with Crippen LogP contribution in [0.15, 0.2) is 61.6 Å². The summed E-state index contributed by atoms with van der Waals surface area (Å²) in [7, 11) is 0. The molecule has 0 fully saturated rings. The van der Waals surface area contributed by atoms with Gasteiger partial charge in [0.2, 0.25) is 5.89 Å². The lowest BCUT2D eigenvalue weighted by molar-refractivity contribution is 0.372. The molecule has 2 aliphatic heterocycles. The zero-order chi connectivity index (χ0) is 16.6. The Hall–Kier alpha value is -2.87. The van der Waals surface area contributed by atoms with Crippen molar-refractivity contribution in [3.63, 3.8) is 0 Å². The standard InChI is InChI=1S/C17H13N5O2S/c1-2-5-12-11(4-1)13-7-8-18-22(13)17(19-12)25-10-15-20-21-16(24-15)14-6-3-9-23-14/h1-6,8-9,13H,7,10H2. The van der Waals surface area contributed by atoms with E-state index in [2.05, 4.69) is 21.4 Å². The highest BCUT2D eigenvalue weighted by Crippen LogP contribution is 2.41. The van der Waals surface area contributed by atoms with Crippen molar-refractivity contribution in [3.05, 3.63) is 54.1 Å². The van der Waals surface area contributed by atoms with Crippen LogP contribution in [0.3, 0.4) is 0 Å². The Morgan fingerprint density at radius 2 is 2.12 bits per heavy atom. The molecule has 4 heterocycles. The molecule has 1 atom stereocenters. The summed E-state index contributed by atoms with van der Waals surface area (Å²) in [4.78, 5) is 4.74. The third kappa shape index (κ3) is 2.54. The number of hydrazone groups is 1. The van der Waals surface area contributed by atoms with Crippen molar-refractivity contribution in [2.24, 2.45) is 10.1 Å². The number of hydrogen-bond acceptors (Lipinski definition) is 8. The first kappa shape index (κ1) is 14.5. The van der Waals surface area contributed by atoms with E-state index in [4.69, 9.17) is 13.8 Å². The molecular weight excluding hydrogens is 338 g/mol. The monoisotopic (exact) mass is 351 g/mol. The number of para-hydroxylation sites is 1. The van der Waals surface area contributed by atoms with Gasteiger partial charge in [-0.1, -0.05) is 30.0 Å². The second-order valence-corrected chi connectivity index (χ2v) is 6.56. The molecule has 0 amide bonds. The Kier molecular flexibility index (Phi) is 3.41. The Morgan fingerprint density at radius 3 is 3.04 bits per heavy atom. The van der Waals surface area contributed by atoms with Crippen molar-refractivity contribution >= 4 is 28.8 Å². The predicted molar refractivity (Wildman–Crippen MR) is 94.5 cm³/mol. The molecule has 0 radical (unpaired) electrons. The van der Waals surface area contributed by atoms with Crippen LogP contribution >= 0.6 is 11.8 Å². The number of amidine groups is 1. The van der Waals surface area contributed by atoms with Gasteiger partial charge in [-0.25, -0.2) is 10.0 Å². The van der Waals surface area contributed by atoms with Gasteiger partial charge in [-0.15, -0.1) is 10.2 Å². The maximum absolute atomic E-state index is 5.65. The molecule has 8 heteroatoms. The first-order valence-electron chi connectivity index (χ1n) is 7.87. The molecule has 3 aromatic rings. The van der Waals surface area contributed by atoms with Crippen LogP contribution in [0.2, 0.25) is 0 Å². The Balaban J connectivity index is 1.37. The Labute approximate surface area is 147 Å². The SMILES string of the molecule is C1=NN2C(SCc3nnc(-c4ccco4)o3)=Nc3ccccc3C2C1. The first-order chi connectivity index (χ1) is 12.4. The fourth-order valence-corrected chi connectivity index (χ4v) is 3.76. The van der Waals surface area contributed by atoms with Crippen molar-refractivity contribution in [3.8, 4) is 11.7 Å². The maximum atomic E-state index is 5.65. The number of aromatic nitrogens is 2. The molecule has 0 saturated carbocycles. The minimum Gasteiger partial charge on any atom is -0.459 e. The number of thioether (sulfide) groups is 1. The predicted octanol–water partition coefficient (Wildman–Crippen LogP) is 4.00. The lowest BCUT2D eigenvalue weighted by atomic mass is 10.0. The summed E-state index contributed by atoms with van der Waals surface area (Å²) in [6.07, 6.45) is 4.40. The average molecular weight is 351 g/mol. The van der Waals surface area contributed by atoms with Crippen molar-refractivity contribution in [2.45, 2.75) is 18.2 Å². The van der Waals surface area contributed by atoms with Gasteiger partial charge in [0, 0.05) is 18.2 Å².